The van der Waals surface area contributed by atoms with E-state index in [1.807, 2.05) is 26.0 Å². The molecule has 1 unspecified atom stereocenters. The van der Waals surface area contributed by atoms with Crippen LogP contribution in [0.5, 0.6) is 0 Å². The van der Waals surface area contributed by atoms with Crippen LogP contribution < -0.4 is 31.9 Å². The third-order valence-corrected chi connectivity index (χ3v) is 9.46. The number of hydrogen-bond acceptors (Lipinski definition) is 9. The van der Waals surface area contributed by atoms with Crippen molar-refractivity contribution in [3.63, 3.8) is 0 Å². The van der Waals surface area contributed by atoms with E-state index < -0.39 is 17.9 Å². The zero-order chi connectivity index (χ0) is 33.0. The summed E-state index contributed by atoms with van der Waals surface area (Å²) in [4.78, 5) is 68.0. The van der Waals surface area contributed by atoms with Crippen LogP contribution in [0.15, 0.2) is 29.8 Å². The predicted octanol–water partition coefficient (Wildman–Crippen LogP) is 1.66. The number of thioether (sulfide) groups is 1. The average molecular weight is 660 g/mol. The standard InChI is InChI=1S/C31H45N7O5S2/c1-19-28(45-18-36-19)22-10-8-21(9-11-22)27(38-29(42)23-7-6-12-32-23)30(43)35-16-25(40)34-15-24(39)33-13-14-44-17-26(41)37-20(2)31(3,4)5/h8-11,18,20,23,27,32H,6-7,12-17H2,1-5H3,(H,33,39)(H,34,40)(H,35,43)(H,37,41)(H,38,42)/t20?,23-,27+/m0/s1. The van der Waals surface area contributed by atoms with Crippen LogP contribution in [-0.4, -0.2) is 84.3 Å². The second-order valence-electron chi connectivity index (χ2n) is 12.0. The molecular weight excluding hydrogens is 615 g/mol. The summed E-state index contributed by atoms with van der Waals surface area (Å²) < 4.78 is 0. The molecule has 14 heteroatoms. The minimum absolute atomic E-state index is 0.0277. The van der Waals surface area contributed by atoms with Crippen LogP contribution in [0.25, 0.3) is 10.4 Å². The van der Waals surface area contributed by atoms with Gasteiger partial charge in [-0.1, -0.05) is 45.0 Å². The van der Waals surface area contributed by atoms with Crippen molar-refractivity contribution in [1.82, 2.24) is 36.9 Å². The molecule has 2 aromatic rings. The molecule has 1 saturated heterocycles. The Hall–Kier alpha value is -3.49. The first-order valence-corrected chi connectivity index (χ1v) is 17.1. The maximum Gasteiger partial charge on any atom is 0.247 e. The van der Waals surface area contributed by atoms with Crippen LogP contribution in [0.4, 0.5) is 0 Å². The normalized spacial score (nSPS) is 15.9. The van der Waals surface area contributed by atoms with Gasteiger partial charge in [0.25, 0.3) is 0 Å². The van der Waals surface area contributed by atoms with Crippen LogP contribution in [-0.2, 0) is 24.0 Å². The highest BCUT2D eigenvalue weighted by molar-refractivity contribution is 7.99. The van der Waals surface area contributed by atoms with Crippen molar-refractivity contribution in [2.75, 3.05) is 37.7 Å². The number of aryl methyl sites for hydroxylation is 1. The fourth-order valence-corrected chi connectivity index (χ4v) is 5.83. The quantitative estimate of drug-likeness (QED) is 0.157. The van der Waals surface area contributed by atoms with Gasteiger partial charge in [0.05, 0.1) is 41.0 Å². The van der Waals surface area contributed by atoms with Crippen LogP contribution >= 0.6 is 23.1 Å². The van der Waals surface area contributed by atoms with Crippen molar-refractivity contribution in [2.45, 2.75) is 65.6 Å². The Bertz CT molecular complexity index is 1320. The molecule has 2 heterocycles. The molecule has 246 valence electrons. The minimum atomic E-state index is -1.01. The van der Waals surface area contributed by atoms with Crippen molar-refractivity contribution in [2.24, 2.45) is 5.41 Å². The summed E-state index contributed by atoms with van der Waals surface area (Å²) in [6, 6.07) is 5.97. The monoisotopic (exact) mass is 659 g/mol. The number of nitrogens with one attached hydrogen (secondary N) is 6. The molecular formula is C31H45N7O5S2. The molecule has 1 aromatic carbocycles. The molecule has 1 aromatic heterocycles. The second kappa shape index (κ2) is 17.3. The van der Waals surface area contributed by atoms with Crippen molar-refractivity contribution in [3.8, 4) is 10.4 Å². The topological polar surface area (TPSA) is 170 Å². The predicted molar refractivity (Wildman–Crippen MR) is 178 cm³/mol. The van der Waals surface area contributed by atoms with Gasteiger partial charge in [0.2, 0.25) is 29.5 Å². The lowest BCUT2D eigenvalue weighted by atomic mass is 9.88. The summed E-state index contributed by atoms with van der Waals surface area (Å²) in [5.41, 5.74) is 4.18. The van der Waals surface area contributed by atoms with Crippen LogP contribution in [0, 0.1) is 12.3 Å². The highest BCUT2D eigenvalue weighted by Crippen LogP contribution is 2.28. The van der Waals surface area contributed by atoms with Crippen LogP contribution in [0.1, 0.15) is 57.8 Å². The Morgan fingerprint density at radius 2 is 1.69 bits per heavy atom. The van der Waals surface area contributed by atoms with Gasteiger partial charge in [-0.3, -0.25) is 24.0 Å². The number of amides is 5. The van der Waals surface area contributed by atoms with Gasteiger partial charge in [-0.25, -0.2) is 4.98 Å². The Kier molecular flexibility index (Phi) is 13.8. The maximum atomic E-state index is 13.2. The number of aromatic nitrogens is 1. The number of nitrogens with zero attached hydrogens (tertiary/aromatic N) is 1. The molecule has 0 saturated carbocycles. The van der Waals surface area contributed by atoms with E-state index in [2.05, 4.69) is 57.7 Å². The van der Waals surface area contributed by atoms with Gasteiger partial charge in [0.15, 0.2) is 0 Å². The zero-order valence-electron chi connectivity index (χ0n) is 26.6. The van der Waals surface area contributed by atoms with E-state index in [9.17, 15) is 24.0 Å². The molecule has 12 nitrogen and oxygen atoms in total. The lowest BCUT2D eigenvalue weighted by Crippen LogP contribution is -2.48. The smallest absolute Gasteiger partial charge is 0.247 e. The summed E-state index contributed by atoms with van der Waals surface area (Å²) in [6.45, 7) is 10.5. The molecule has 45 heavy (non-hydrogen) atoms. The molecule has 6 N–H and O–H groups in total. The largest absolute Gasteiger partial charge is 0.354 e. The molecule has 1 fully saturated rings. The van der Waals surface area contributed by atoms with E-state index in [4.69, 9.17) is 0 Å². The molecule has 1 aliphatic rings. The molecule has 0 aliphatic carbocycles. The van der Waals surface area contributed by atoms with Crippen molar-refractivity contribution in [3.05, 3.63) is 41.0 Å². The van der Waals surface area contributed by atoms with Crippen molar-refractivity contribution < 1.29 is 24.0 Å². The second-order valence-corrected chi connectivity index (χ2v) is 14.0. The summed E-state index contributed by atoms with van der Waals surface area (Å²) in [6.07, 6.45) is 1.55. The van der Waals surface area contributed by atoms with Gasteiger partial charge in [-0.15, -0.1) is 11.3 Å². The molecule has 5 amide bonds. The zero-order valence-corrected chi connectivity index (χ0v) is 28.2. The molecule has 1 aliphatic heterocycles. The Morgan fingerprint density at radius 1 is 1.00 bits per heavy atom. The highest BCUT2D eigenvalue weighted by Gasteiger charge is 2.29. The third-order valence-electron chi connectivity index (χ3n) is 7.52. The van der Waals surface area contributed by atoms with Gasteiger partial charge < -0.3 is 31.9 Å². The van der Waals surface area contributed by atoms with Crippen LogP contribution in [0.3, 0.4) is 0 Å². The average Bonchev–Trinajstić information content (AvgIpc) is 3.69. The molecule has 3 atom stereocenters. The molecule has 3 rings (SSSR count). The first-order chi connectivity index (χ1) is 21.3. The Labute approximate surface area is 273 Å². The minimum Gasteiger partial charge on any atom is -0.354 e. The number of carbonyl (C=O) groups excluding carboxylic acids is 5. The number of thiazole rings is 1. The van der Waals surface area contributed by atoms with E-state index in [1.165, 1.54) is 23.1 Å². The molecule has 0 bridgehead atoms. The number of rotatable bonds is 15. The van der Waals surface area contributed by atoms with E-state index >= 15 is 0 Å². The SMILES string of the molecule is Cc1ncsc1-c1ccc([C@@H](NC(=O)[C@@H]2CCCN2)C(=O)NCC(=O)NCC(=O)NCCSCC(=O)NC(C)C(C)(C)C)cc1. The highest BCUT2D eigenvalue weighted by atomic mass is 32.2. The molecule has 0 radical (unpaired) electrons. The lowest BCUT2D eigenvalue weighted by Gasteiger charge is -2.28. The van der Waals surface area contributed by atoms with Gasteiger partial charge in [-0.2, -0.15) is 11.8 Å². The lowest BCUT2D eigenvalue weighted by molar-refractivity contribution is -0.131. The first kappa shape index (κ1) is 36.0. The fraction of sp³-hybridized carbons (Fsp3) is 0.548. The molecule has 0 spiro atoms. The number of carbonyl (C=O) groups is 5. The third kappa shape index (κ3) is 11.7. The van der Waals surface area contributed by atoms with Crippen molar-refractivity contribution in [1.29, 1.82) is 0 Å². The van der Waals surface area contributed by atoms with Gasteiger partial charge in [-0.05, 0) is 49.8 Å². The first-order valence-electron chi connectivity index (χ1n) is 15.1. The van der Waals surface area contributed by atoms with E-state index in [-0.39, 0.29) is 48.3 Å². The van der Waals surface area contributed by atoms with Gasteiger partial charge in [0, 0.05) is 18.3 Å². The Balaban J connectivity index is 1.43. The number of benzene rings is 1. The van der Waals surface area contributed by atoms with Gasteiger partial charge in [0.1, 0.15) is 6.04 Å². The summed E-state index contributed by atoms with van der Waals surface area (Å²) >= 11 is 2.93. The number of hydrogen-bond donors (Lipinski definition) is 6. The summed E-state index contributed by atoms with van der Waals surface area (Å²) in [5.74, 6) is -0.969. The summed E-state index contributed by atoms with van der Waals surface area (Å²) in [7, 11) is 0. The van der Waals surface area contributed by atoms with Crippen LogP contribution in [0.2, 0.25) is 0 Å². The maximum absolute atomic E-state index is 13.2. The van der Waals surface area contributed by atoms with Crippen molar-refractivity contribution >= 4 is 52.6 Å². The van der Waals surface area contributed by atoms with E-state index in [1.54, 1.807) is 17.6 Å². The fourth-order valence-electron chi connectivity index (χ4n) is 4.36. The Morgan fingerprint density at radius 3 is 2.31 bits per heavy atom. The van der Waals surface area contributed by atoms with Gasteiger partial charge >= 0.3 is 0 Å². The van der Waals surface area contributed by atoms with E-state index in [0.717, 1.165) is 29.1 Å². The van der Waals surface area contributed by atoms with E-state index in [0.29, 0.717) is 30.0 Å². The summed E-state index contributed by atoms with van der Waals surface area (Å²) in [5, 5.41) is 16.7.